The van der Waals surface area contributed by atoms with Crippen LogP contribution < -0.4 is 20.1 Å². The van der Waals surface area contributed by atoms with E-state index in [1.165, 1.54) is 49.5 Å². The van der Waals surface area contributed by atoms with Crippen LogP contribution in [-0.2, 0) is 16.1 Å². The average molecular weight is 391 g/mol. The van der Waals surface area contributed by atoms with Crippen molar-refractivity contribution in [3.63, 3.8) is 0 Å². The van der Waals surface area contributed by atoms with Gasteiger partial charge in [0.05, 0.1) is 18.4 Å². The molecule has 1 amide bonds. The number of rotatable bonds is 9. The fraction of sp³-hybridized carbons (Fsp3) is 0.389. The predicted octanol–water partition coefficient (Wildman–Crippen LogP) is 1.97. The number of ether oxygens (including phenoxy) is 3. The third kappa shape index (κ3) is 4.88. The predicted molar refractivity (Wildman–Crippen MR) is 100 cm³/mol. The molecule has 1 aliphatic rings. The number of nitrogens with two attached hydrogens (primary N) is 1. The van der Waals surface area contributed by atoms with E-state index in [0.717, 1.165) is 5.13 Å². The third-order valence-corrected chi connectivity index (χ3v) is 5.04. The van der Waals surface area contributed by atoms with Gasteiger partial charge in [-0.1, -0.05) is 0 Å². The van der Waals surface area contributed by atoms with Crippen LogP contribution in [0.5, 0.6) is 11.5 Å². The van der Waals surface area contributed by atoms with Gasteiger partial charge in [-0.05, 0) is 31.0 Å². The van der Waals surface area contributed by atoms with Crippen LogP contribution >= 0.6 is 11.3 Å². The molecule has 0 spiro atoms. The van der Waals surface area contributed by atoms with Gasteiger partial charge < -0.3 is 24.8 Å². The van der Waals surface area contributed by atoms with E-state index < -0.39 is 11.9 Å². The minimum absolute atomic E-state index is 0.0933. The van der Waals surface area contributed by atoms with Gasteiger partial charge in [-0.15, -0.1) is 11.3 Å². The number of nitrogens with zero attached hydrogens (tertiary/aromatic N) is 2. The molecular formula is C18H21N3O5S. The summed E-state index contributed by atoms with van der Waals surface area (Å²) in [4.78, 5) is 29.8. The first-order valence-electron chi connectivity index (χ1n) is 8.41. The molecule has 27 heavy (non-hydrogen) atoms. The molecule has 0 unspecified atom stereocenters. The second-order valence-electron chi connectivity index (χ2n) is 6.16. The molecule has 9 heteroatoms. The minimum Gasteiger partial charge on any atom is -0.493 e. The molecule has 144 valence electrons. The topological polar surface area (TPSA) is 104 Å². The molecule has 1 aromatic carbocycles. The molecule has 0 aliphatic heterocycles. The van der Waals surface area contributed by atoms with Gasteiger partial charge in [-0.2, -0.15) is 0 Å². The highest BCUT2D eigenvalue weighted by Gasteiger charge is 2.28. The lowest BCUT2D eigenvalue weighted by atomic mass is 10.2. The Hall–Kier alpha value is -2.81. The first-order chi connectivity index (χ1) is 13.0. The summed E-state index contributed by atoms with van der Waals surface area (Å²) in [5, 5.41) is 2.82. The van der Waals surface area contributed by atoms with E-state index in [1.54, 1.807) is 0 Å². The Kier molecular flexibility index (Phi) is 5.80. The highest BCUT2D eigenvalue weighted by atomic mass is 32.1. The summed E-state index contributed by atoms with van der Waals surface area (Å²) < 4.78 is 15.8. The first-order valence-corrected chi connectivity index (χ1v) is 9.29. The van der Waals surface area contributed by atoms with Crippen molar-refractivity contribution in [2.75, 3.05) is 25.7 Å². The molecule has 1 saturated carbocycles. The number of anilines is 1. The zero-order valence-electron chi connectivity index (χ0n) is 15.1. The van der Waals surface area contributed by atoms with Gasteiger partial charge in [0, 0.05) is 18.5 Å². The molecular weight excluding hydrogens is 370 g/mol. The van der Waals surface area contributed by atoms with Gasteiger partial charge in [-0.25, -0.2) is 9.78 Å². The summed E-state index contributed by atoms with van der Waals surface area (Å²) in [6.45, 7) is -0.183. The highest BCUT2D eigenvalue weighted by molar-refractivity contribution is 7.13. The van der Waals surface area contributed by atoms with Crippen LogP contribution in [0.4, 0.5) is 5.13 Å². The lowest BCUT2D eigenvalue weighted by Gasteiger charge is -2.13. The van der Waals surface area contributed by atoms with Gasteiger partial charge in [-0.3, -0.25) is 4.79 Å². The minimum atomic E-state index is -0.601. The van der Waals surface area contributed by atoms with Crippen molar-refractivity contribution in [3.8, 4) is 11.5 Å². The van der Waals surface area contributed by atoms with Crippen molar-refractivity contribution in [2.45, 2.75) is 25.5 Å². The van der Waals surface area contributed by atoms with Gasteiger partial charge in [0.15, 0.2) is 23.2 Å². The molecule has 8 nitrogen and oxygen atoms in total. The average Bonchev–Trinajstić information content (AvgIpc) is 3.41. The molecule has 1 fully saturated rings. The van der Waals surface area contributed by atoms with Crippen LogP contribution in [0.2, 0.25) is 0 Å². The number of thiazole rings is 1. The van der Waals surface area contributed by atoms with E-state index in [1.807, 2.05) is 12.4 Å². The Bertz CT molecular complexity index is 834. The standard InChI is InChI=1S/C18H21N3O5S/c1-21(13-4-5-13)18-20-12(10-27-18)8-26-17(23)11-3-6-14(15(7-11)24-2)25-9-16(19)22/h3,6-7,10,13H,4-5,8-9H2,1-2H3,(H2,19,22). The maximum absolute atomic E-state index is 12.3. The Balaban J connectivity index is 1.59. The summed E-state index contributed by atoms with van der Waals surface area (Å²) in [5.41, 5.74) is 6.08. The number of primary amides is 1. The molecule has 3 rings (SSSR count). The Morgan fingerprint density at radius 2 is 2.11 bits per heavy atom. The van der Waals surface area contributed by atoms with Gasteiger partial charge in [0.25, 0.3) is 5.91 Å². The zero-order chi connectivity index (χ0) is 19.4. The molecule has 1 aromatic heterocycles. The van der Waals surface area contributed by atoms with E-state index >= 15 is 0 Å². The summed E-state index contributed by atoms with van der Waals surface area (Å²) in [6, 6.07) is 5.14. The molecule has 0 radical (unpaired) electrons. The van der Waals surface area contributed by atoms with Crippen LogP contribution in [0.3, 0.4) is 0 Å². The van der Waals surface area contributed by atoms with E-state index in [0.29, 0.717) is 28.8 Å². The summed E-state index contributed by atoms with van der Waals surface area (Å²) in [5.74, 6) is -0.469. The van der Waals surface area contributed by atoms with Crippen molar-refractivity contribution < 1.29 is 23.8 Å². The third-order valence-electron chi connectivity index (χ3n) is 4.06. The van der Waals surface area contributed by atoms with Crippen molar-refractivity contribution in [3.05, 3.63) is 34.8 Å². The van der Waals surface area contributed by atoms with Gasteiger partial charge >= 0.3 is 5.97 Å². The summed E-state index contributed by atoms with van der Waals surface area (Å²) >= 11 is 1.54. The van der Waals surface area contributed by atoms with Crippen LogP contribution in [-0.4, -0.2) is 43.7 Å². The van der Waals surface area contributed by atoms with Crippen molar-refractivity contribution in [2.24, 2.45) is 5.73 Å². The maximum Gasteiger partial charge on any atom is 0.338 e. The van der Waals surface area contributed by atoms with Crippen molar-refractivity contribution in [1.29, 1.82) is 0 Å². The SMILES string of the molecule is COc1cc(C(=O)OCc2csc(N(C)C3CC3)n2)ccc1OCC(N)=O. The van der Waals surface area contributed by atoms with Crippen LogP contribution in [0.1, 0.15) is 28.9 Å². The Morgan fingerprint density at radius 3 is 2.78 bits per heavy atom. The molecule has 1 aliphatic carbocycles. The highest BCUT2D eigenvalue weighted by Crippen LogP contribution is 2.32. The monoisotopic (exact) mass is 391 g/mol. The number of carbonyl (C=O) groups is 2. The van der Waals surface area contributed by atoms with Crippen LogP contribution in [0.25, 0.3) is 0 Å². The van der Waals surface area contributed by atoms with Gasteiger partial charge in [0.2, 0.25) is 0 Å². The lowest BCUT2D eigenvalue weighted by molar-refractivity contribution is -0.119. The number of aromatic nitrogens is 1. The fourth-order valence-corrected chi connectivity index (χ4v) is 3.28. The normalized spacial score (nSPS) is 13.1. The molecule has 0 saturated heterocycles. The lowest BCUT2D eigenvalue weighted by Crippen LogP contribution is -2.20. The molecule has 2 aromatic rings. The van der Waals surface area contributed by atoms with Crippen LogP contribution in [0, 0.1) is 0 Å². The second-order valence-corrected chi connectivity index (χ2v) is 7.00. The molecule has 0 bridgehead atoms. The van der Waals surface area contributed by atoms with Gasteiger partial charge in [0.1, 0.15) is 6.61 Å². The number of benzene rings is 1. The molecule has 0 atom stereocenters. The summed E-state index contributed by atoms with van der Waals surface area (Å²) in [7, 11) is 3.47. The smallest absolute Gasteiger partial charge is 0.338 e. The molecule has 1 heterocycles. The largest absolute Gasteiger partial charge is 0.493 e. The maximum atomic E-state index is 12.3. The van der Waals surface area contributed by atoms with Crippen molar-refractivity contribution >= 4 is 28.3 Å². The van der Waals surface area contributed by atoms with E-state index in [2.05, 4.69) is 9.88 Å². The quantitative estimate of drug-likeness (QED) is 0.652. The van der Waals surface area contributed by atoms with E-state index in [4.69, 9.17) is 19.9 Å². The van der Waals surface area contributed by atoms with Crippen LogP contribution in [0.15, 0.2) is 23.6 Å². The Labute approximate surface area is 160 Å². The molecule has 2 N–H and O–H groups in total. The number of amides is 1. The van der Waals surface area contributed by atoms with E-state index in [-0.39, 0.29) is 13.2 Å². The second kappa shape index (κ2) is 8.26. The van der Waals surface area contributed by atoms with Crippen molar-refractivity contribution in [1.82, 2.24) is 4.98 Å². The number of hydrogen-bond acceptors (Lipinski definition) is 8. The first kappa shape index (κ1) is 19.0. The Morgan fingerprint density at radius 1 is 1.33 bits per heavy atom. The fourth-order valence-electron chi connectivity index (χ4n) is 2.43. The number of esters is 1. The zero-order valence-corrected chi connectivity index (χ0v) is 16.0. The van der Waals surface area contributed by atoms with E-state index in [9.17, 15) is 9.59 Å². The number of hydrogen-bond donors (Lipinski definition) is 1. The number of methoxy groups -OCH3 is 1. The summed E-state index contributed by atoms with van der Waals surface area (Å²) in [6.07, 6.45) is 2.39. The number of carbonyl (C=O) groups excluding carboxylic acids is 2.